The number of rotatable bonds is 49. The van der Waals surface area contributed by atoms with E-state index in [1.54, 1.807) is 0 Å². The third-order valence-electron chi connectivity index (χ3n) is 11.4. The number of hydrogen-bond donors (Lipinski definition) is 0. The molecule has 394 valence electrons. The smallest absolute Gasteiger partial charge is 0.306 e. The number of allylic oxidation sites excluding steroid dienone is 22. The molecule has 1 atom stereocenters. The lowest BCUT2D eigenvalue weighted by molar-refractivity contribution is -0.167. The van der Waals surface area contributed by atoms with Gasteiger partial charge in [-0.25, -0.2) is 0 Å². The number of carbonyl (C=O) groups excluding carboxylic acids is 3. The van der Waals surface area contributed by atoms with Crippen LogP contribution in [0.2, 0.25) is 0 Å². The largest absolute Gasteiger partial charge is 0.462 e. The van der Waals surface area contributed by atoms with Gasteiger partial charge in [0.25, 0.3) is 0 Å². The van der Waals surface area contributed by atoms with Crippen LogP contribution >= 0.6 is 0 Å². The first kappa shape index (κ1) is 65.5. The predicted molar refractivity (Wildman–Crippen MR) is 302 cm³/mol. The fourth-order valence-corrected chi connectivity index (χ4v) is 7.20. The fourth-order valence-electron chi connectivity index (χ4n) is 7.20. The molecule has 0 radical (unpaired) electrons. The maximum absolute atomic E-state index is 12.8. The van der Waals surface area contributed by atoms with E-state index in [4.69, 9.17) is 14.2 Å². The van der Waals surface area contributed by atoms with Gasteiger partial charge in [0.05, 0.1) is 0 Å². The molecule has 0 spiro atoms. The van der Waals surface area contributed by atoms with E-state index < -0.39 is 6.10 Å². The first-order valence-electron chi connectivity index (χ1n) is 28.2. The molecule has 1 unspecified atom stereocenters. The van der Waals surface area contributed by atoms with Crippen molar-refractivity contribution in [3.8, 4) is 0 Å². The van der Waals surface area contributed by atoms with Crippen molar-refractivity contribution in [2.24, 2.45) is 0 Å². The van der Waals surface area contributed by atoms with Crippen LogP contribution in [0.4, 0.5) is 0 Å². The number of ether oxygens (including phenoxy) is 3. The number of carbonyl (C=O) groups is 3. The van der Waals surface area contributed by atoms with E-state index >= 15 is 0 Å². The number of unbranched alkanes of at least 4 members (excludes halogenated alkanes) is 16. The molecular formula is C64H102O6. The van der Waals surface area contributed by atoms with Crippen LogP contribution < -0.4 is 0 Å². The van der Waals surface area contributed by atoms with Gasteiger partial charge >= 0.3 is 17.9 Å². The van der Waals surface area contributed by atoms with E-state index in [-0.39, 0.29) is 37.5 Å². The number of esters is 3. The molecule has 6 heteroatoms. The Balaban J connectivity index is 4.47. The Bertz CT molecular complexity index is 1530. The summed E-state index contributed by atoms with van der Waals surface area (Å²) < 4.78 is 16.8. The molecule has 70 heavy (non-hydrogen) atoms. The van der Waals surface area contributed by atoms with Crippen molar-refractivity contribution in [1.82, 2.24) is 0 Å². The van der Waals surface area contributed by atoms with Crippen molar-refractivity contribution in [2.45, 2.75) is 239 Å². The van der Waals surface area contributed by atoms with Gasteiger partial charge in [-0.05, 0) is 128 Å². The maximum Gasteiger partial charge on any atom is 0.306 e. The minimum atomic E-state index is -0.821. The summed E-state index contributed by atoms with van der Waals surface area (Å²) >= 11 is 0. The van der Waals surface area contributed by atoms with Crippen molar-refractivity contribution >= 4 is 17.9 Å². The standard InChI is InChI=1S/C64H102O6/c1-4-7-10-13-16-19-22-25-27-29-30-31-32-33-34-36-37-39-42-45-48-51-54-57-63(66)69-60-61(59-68-62(65)56-53-50-47-44-41-24-21-18-15-12-9-6-3)70-64(67)58-55-52-49-46-43-40-38-35-28-26-23-20-17-14-11-8-5-2/h7-8,10-11,16-21,25-28,30-31,33-34,38,40,46,49,61H,4-6,9,12-15,22-24,29,32,35-37,39,41-45,47-48,50-60H2,1-3H3/b10-7-,11-8-,19-16-,20-17-,21-18-,27-25-,28-26-,31-30-,34-33-,40-38-,49-46-. The highest BCUT2D eigenvalue weighted by atomic mass is 16.6. The van der Waals surface area contributed by atoms with Crippen molar-refractivity contribution in [3.63, 3.8) is 0 Å². The Morgan fingerprint density at radius 2 is 0.571 bits per heavy atom. The van der Waals surface area contributed by atoms with Gasteiger partial charge in [0.15, 0.2) is 6.10 Å². The van der Waals surface area contributed by atoms with Crippen LogP contribution in [0.3, 0.4) is 0 Å². The van der Waals surface area contributed by atoms with Crippen molar-refractivity contribution in [2.75, 3.05) is 13.2 Å². The summed E-state index contributed by atoms with van der Waals surface area (Å²) in [6.07, 6.45) is 80.2. The van der Waals surface area contributed by atoms with Crippen molar-refractivity contribution < 1.29 is 28.6 Å². The van der Waals surface area contributed by atoms with E-state index in [0.29, 0.717) is 19.3 Å². The summed E-state index contributed by atoms with van der Waals surface area (Å²) in [5, 5.41) is 0. The van der Waals surface area contributed by atoms with Gasteiger partial charge in [-0.1, -0.05) is 219 Å². The summed E-state index contributed by atoms with van der Waals surface area (Å²) in [7, 11) is 0. The molecule has 0 aromatic carbocycles. The van der Waals surface area contributed by atoms with E-state index in [9.17, 15) is 14.4 Å². The Hall–Kier alpha value is -4.45. The lowest BCUT2D eigenvalue weighted by Crippen LogP contribution is -2.30. The minimum Gasteiger partial charge on any atom is -0.462 e. The Kier molecular flexibility index (Phi) is 53.5. The summed E-state index contributed by atoms with van der Waals surface area (Å²) in [5.74, 6) is -0.997. The summed E-state index contributed by atoms with van der Waals surface area (Å²) in [5.41, 5.74) is 0. The zero-order valence-electron chi connectivity index (χ0n) is 45.0. The molecule has 0 aromatic rings. The minimum absolute atomic E-state index is 0.113. The van der Waals surface area contributed by atoms with Gasteiger partial charge in [0, 0.05) is 19.3 Å². The van der Waals surface area contributed by atoms with Gasteiger partial charge in [0.2, 0.25) is 0 Å². The van der Waals surface area contributed by atoms with Gasteiger partial charge in [-0.3, -0.25) is 14.4 Å². The van der Waals surface area contributed by atoms with E-state index in [0.717, 1.165) is 128 Å². The molecule has 0 aliphatic rings. The zero-order chi connectivity index (χ0) is 50.7. The zero-order valence-corrected chi connectivity index (χ0v) is 45.0. The van der Waals surface area contributed by atoms with Gasteiger partial charge in [-0.15, -0.1) is 0 Å². The third kappa shape index (κ3) is 54.5. The normalized spacial score (nSPS) is 13.1. The highest BCUT2D eigenvalue weighted by Gasteiger charge is 2.19. The summed E-state index contributed by atoms with van der Waals surface area (Å²) in [6, 6.07) is 0. The van der Waals surface area contributed by atoms with Crippen molar-refractivity contribution in [3.05, 3.63) is 134 Å². The molecule has 6 nitrogen and oxygen atoms in total. The molecule has 0 saturated heterocycles. The maximum atomic E-state index is 12.8. The summed E-state index contributed by atoms with van der Waals surface area (Å²) in [6.45, 7) is 6.31. The van der Waals surface area contributed by atoms with Crippen LogP contribution in [-0.4, -0.2) is 37.2 Å². The molecule has 0 N–H and O–H groups in total. The molecule has 0 heterocycles. The van der Waals surface area contributed by atoms with Crippen LogP contribution in [0.5, 0.6) is 0 Å². The van der Waals surface area contributed by atoms with Crippen LogP contribution in [0.1, 0.15) is 233 Å². The molecule has 0 aliphatic heterocycles. The average molecular weight is 968 g/mol. The average Bonchev–Trinajstić information content (AvgIpc) is 3.36. The quantitative estimate of drug-likeness (QED) is 0.0262. The molecule has 0 saturated carbocycles. The fraction of sp³-hybridized carbons (Fsp3) is 0.609. The van der Waals surface area contributed by atoms with Crippen LogP contribution in [0.15, 0.2) is 134 Å². The molecule has 0 aliphatic carbocycles. The van der Waals surface area contributed by atoms with E-state index in [1.165, 1.54) is 57.8 Å². The molecule has 0 bridgehead atoms. The molecule has 0 rings (SSSR count). The second kappa shape index (κ2) is 57.1. The third-order valence-corrected chi connectivity index (χ3v) is 11.4. The monoisotopic (exact) mass is 967 g/mol. The highest BCUT2D eigenvalue weighted by Crippen LogP contribution is 2.13. The van der Waals surface area contributed by atoms with Gasteiger partial charge in [0.1, 0.15) is 13.2 Å². The van der Waals surface area contributed by atoms with Crippen LogP contribution in [0, 0.1) is 0 Å². The predicted octanol–water partition coefficient (Wildman–Crippen LogP) is 19.0. The molecule has 0 fully saturated rings. The Morgan fingerprint density at radius 3 is 0.929 bits per heavy atom. The topological polar surface area (TPSA) is 78.9 Å². The van der Waals surface area contributed by atoms with Gasteiger partial charge < -0.3 is 14.2 Å². The van der Waals surface area contributed by atoms with Crippen LogP contribution in [-0.2, 0) is 28.6 Å². The van der Waals surface area contributed by atoms with Gasteiger partial charge in [-0.2, -0.15) is 0 Å². The lowest BCUT2D eigenvalue weighted by Gasteiger charge is -2.18. The lowest BCUT2D eigenvalue weighted by atomic mass is 10.1. The Labute approximate surface area is 430 Å². The number of hydrogen-bond acceptors (Lipinski definition) is 6. The summed E-state index contributed by atoms with van der Waals surface area (Å²) in [4.78, 5) is 38.1. The van der Waals surface area contributed by atoms with Crippen LogP contribution in [0.25, 0.3) is 0 Å². The molecule has 0 amide bonds. The Morgan fingerprint density at radius 1 is 0.300 bits per heavy atom. The molecule has 0 aromatic heterocycles. The highest BCUT2D eigenvalue weighted by molar-refractivity contribution is 5.71. The van der Waals surface area contributed by atoms with E-state index in [1.807, 2.05) is 0 Å². The van der Waals surface area contributed by atoms with Crippen molar-refractivity contribution in [1.29, 1.82) is 0 Å². The molecular weight excluding hydrogens is 865 g/mol. The first-order valence-corrected chi connectivity index (χ1v) is 28.2. The second-order valence-corrected chi connectivity index (χ2v) is 18.1. The first-order chi connectivity index (χ1) is 34.5. The van der Waals surface area contributed by atoms with E-state index in [2.05, 4.69) is 154 Å². The second-order valence-electron chi connectivity index (χ2n) is 18.1. The SMILES string of the molecule is CC/C=C\C/C=C\C/C=C\C/C=C\C/C=C\CCCCCCCCCC(=O)OCC(COC(=O)CCCCCCC/C=C\CCCCC)OC(=O)CCC/C=C\C/C=C\C/C=C\C/C=C\C/C=C\CC.